The third-order valence-electron chi connectivity index (χ3n) is 7.72. The molecule has 3 aromatic rings. The van der Waals surface area contributed by atoms with Crippen LogP contribution in [-0.2, 0) is 9.53 Å². The standard InChI is InChI=1S/C31H34ClN5O6S/c1-5-7-22-27(30(39)43-6-2)28(21-18-20(32)9-11-25(21)42-4)36-29(38)26(44-31(36)33-22)17-19-8-10-23(24(16-19)37(40)41)35-14-12-34(3)13-15-35/h8-11,16-18,28H,5-7,12-15H2,1-4H3/b26-17-/t28-/m1/s1. The number of likely N-dealkylation sites (N-methyl/N-ethyl adjacent to an activating group) is 1. The van der Waals surface area contributed by atoms with E-state index >= 15 is 0 Å². The number of halogens is 1. The molecule has 2 aromatic carbocycles. The smallest absolute Gasteiger partial charge is 0.338 e. The summed E-state index contributed by atoms with van der Waals surface area (Å²) in [6.45, 7) is 6.84. The number of carbonyl (C=O) groups excluding carboxylic acids is 1. The predicted octanol–water partition coefficient (Wildman–Crippen LogP) is 3.90. The van der Waals surface area contributed by atoms with Crippen molar-refractivity contribution in [3.63, 3.8) is 0 Å². The summed E-state index contributed by atoms with van der Waals surface area (Å²) in [7, 11) is 3.54. The third kappa shape index (κ3) is 6.15. The Morgan fingerprint density at radius 1 is 1.18 bits per heavy atom. The zero-order valence-corrected chi connectivity index (χ0v) is 26.6. The van der Waals surface area contributed by atoms with Gasteiger partial charge in [0.25, 0.3) is 11.2 Å². The van der Waals surface area contributed by atoms with E-state index in [-0.39, 0.29) is 22.8 Å². The second kappa shape index (κ2) is 13.3. The maximum Gasteiger partial charge on any atom is 0.338 e. The molecule has 0 bridgehead atoms. The van der Waals surface area contributed by atoms with E-state index in [1.165, 1.54) is 17.7 Å². The summed E-state index contributed by atoms with van der Waals surface area (Å²) in [6.07, 6.45) is 2.82. The number of ether oxygens (including phenoxy) is 2. The monoisotopic (exact) mass is 639 g/mol. The number of hydrogen-bond acceptors (Lipinski definition) is 10. The van der Waals surface area contributed by atoms with E-state index in [0.717, 1.165) is 24.4 Å². The van der Waals surface area contributed by atoms with Crippen molar-refractivity contribution >= 4 is 46.4 Å². The number of methoxy groups -OCH3 is 1. The second-order valence-corrected chi connectivity index (χ2v) is 12.0. The van der Waals surface area contributed by atoms with Gasteiger partial charge in [0, 0.05) is 42.8 Å². The van der Waals surface area contributed by atoms with Gasteiger partial charge in [0.05, 0.1) is 34.4 Å². The Morgan fingerprint density at radius 3 is 2.59 bits per heavy atom. The minimum Gasteiger partial charge on any atom is -0.496 e. The molecule has 0 unspecified atom stereocenters. The van der Waals surface area contributed by atoms with Crippen LogP contribution in [0.5, 0.6) is 5.75 Å². The van der Waals surface area contributed by atoms with Gasteiger partial charge >= 0.3 is 5.97 Å². The molecule has 1 fully saturated rings. The van der Waals surface area contributed by atoms with Crippen LogP contribution >= 0.6 is 22.9 Å². The number of nitro benzene ring substituents is 1. The van der Waals surface area contributed by atoms with Gasteiger partial charge in [-0.3, -0.25) is 19.5 Å². The molecule has 0 saturated carbocycles. The first kappa shape index (κ1) is 31.4. The molecule has 3 heterocycles. The van der Waals surface area contributed by atoms with Gasteiger partial charge in [0.15, 0.2) is 4.80 Å². The lowest BCUT2D eigenvalue weighted by Gasteiger charge is -2.33. The highest BCUT2D eigenvalue weighted by atomic mass is 35.5. The highest BCUT2D eigenvalue weighted by Crippen LogP contribution is 2.38. The quantitative estimate of drug-likeness (QED) is 0.197. The van der Waals surface area contributed by atoms with Crippen molar-refractivity contribution in [3.8, 4) is 5.75 Å². The largest absolute Gasteiger partial charge is 0.496 e. The van der Waals surface area contributed by atoms with Crippen molar-refractivity contribution in [2.24, 2.45) is 4.99 Å². The maximum absolute atomic E-state index is 14.1. The number of benzene rings is 2. The summed E-state index contributed by atoms with van der Waals surface area (Å²) < 4.78 is 12.9. The molecule has 232 valence electrons. The van der Waals surface area contributed by atoms with Gasteiger partial charge in [-0.2, -0.15) is 0 Å². The number of rotatable bonds is 9. The van der Waals surface area contributed by atoms with E-state index in [1.54, 1.807) is 43.3 Å². The van der Waals surface area contributed by atoms with Crippen LogP contribution in [0.15, 0.2) is 57.5 Å². The SMILES string of the molecule is CCCC1=C(C(=O)OCC)[C@@H](c2cc(Cl)ccc2OC)n2c(s/c(=C\c3ccc(N4CCN(C)CC4)c([N+](=O)[O-])c3)c2=O)=N1. The van der Waals surface area contributed by atoms with Crippen molar-refractivity contribution in [2.45, 2.75) is 32.7 Å². The molecule has 2 aliphatic rings. The van der Waals surface area contributed by atoms with E-state index < -0.39 is 17.6 Å². The summed E-state index contributed by atoms with van der Waals surface area (Å²) >= 11 is 7.57. The molecule has 0 N–H and O–H groups in total. The summed E-state index contributed by atoms with van der Waals surface area (Å²) in [4.78, 5) is 48.7. The number of allylic oxidation sites excluding steroid dienone is 1. The fraction of sp³-hybridized carbons (Fsp3) is 0.387. The van der Waals surface area contributed by atoms with Crippen LogP contribution in [0.2, 0.25) is 5.02 Å². The number of esters is 1. The molecule has 0 amide bonds. The number of aromatic nitrogens is 1. The lowest BCUT2D eigenvalue weighted by molar-refractivity contribution is -0.384. The Balaban J connectivity index is 1.69. The topological polar surface area (TPSA) is 120 Å². The lowest BCUT2D eigenvalue weighted by Crippen LogP contribution is -2.44. The van der Waals surface area contributed by atoms with Gasteiger partial charge in [0.1, 0.15) is 17.5 Å². The number of nitrogens with zero attached hydrogens (tertiary/aromatic N) is 5. The molecule has 1 aromatic heterocycles. The molecule has 1 atom stereocenters. The average molecular weight is 640 g/mol. The number of piperazine rings is 1. The lowest BCUT2D eigenvalue weighted by atomic mass is 9.93. The summed E-state index contributed by atoms with van der Waals surface area (Å²) in [5, 5.41) is 12.5. The molecule has 0 aliphatic carbocycles. The van der Waals surface area contributed by atoms with Crippen LogP contribution in [-0.4, -0.2) is 67.3 Å². The first-order valence-corrected chi connectivity index (χ1v) is 15.6. The van der Waals surface area contributed by atoms with E-state index in [9.17, 15) is 19.7 Å². The van der Waals surface area contributed by atoms with E-state index in [2.05, 4.69) is 4.90 Å². The minimum absolute atomic E-state index is 0.0209. The molecule has 1 saturated heterocycles. The highest BCUT2D eigenvalue weighted by Gasteiger charge is 2.36. The van der Waals surface area contributed by atoms with Crippen LogP contribution in [0, 0.1) is 10.1 Å². The Labute approximate surface area is 263 Å². The molecule has 0 spiro atoms. The van der Waals surface area contributed by atoms with E-state index in [0.29, 0.717) is 68.5 Å². The summed E-state index contributed by atoms with van der Waals surface area (Å²) in [5.41, 5.74) is 1.94. The van der Waals surface area contributed by atoms with Crippen molar-refractivity contribution in [3.05, 3.63) is 93.6 Å². The average Bonchev–Trinajstić information content (AvgIpc) is 3.31. The first-order valence-electron chi connectivity index (χ1n) is 14.4. The Morgan fingerprint density at radius 2 is 1.93 bits per heavy atom. The Hall–Kier alpha value is -4.00. The second-order valence-electron chi connectivity index (χ2n) is 10.6. The number of hydrogen-bond donors (Lipinski definition) is 0. The van der Waals surface area contributed by atoms with Gasteiger partial charge in [-0.1, -0.05) is 42.3 Å². The van der Waals surface area contributed by atoms with Crippen molar-refractivity contribution < 1.29 is 19.2 Å². The van der Waals surface area contributed by atoms with Gasteiger partial charge < -0.3 is 19.3 Å². The Bertz CT molecular complexity index is 1810. The van der Waals surface area contributed by atoms with Crippen molar-refractivity contribution in [2.75, 3.05) is 51.8 Å². The molecule has 5 rings (SSSR count). The van der Waals surface area contributed by atoms with Gasteiger partial charge in [-0.15, -0.1) is 0 Å². The third-order valence-corrected chi connectivity index (χ3v) is 8.93. The number of fused-ring (bicyclic) bond motifs is 1. The zero-order chi connectivity index (χ0) is 31.5. The fourth-order valence-electron chi connectivity index (χ4n) is 5.58. The van der Waals surface area contributed by atoms with Gasteiger partial charge in [-0.05, 0) is 56.3 Å². The molecule has 2 aliphatic heterocycles. The highest BCUT2D eigenvalue weighted by molar-refractivity contribution is 7.07. The Kier molecular flexibility index (Phi) is 9.52. The maximum atomic E-state index is 14.1. The normalized spacial score (nSPS) is 17.3. The van der Waals surface area contributed by atoms with Crippen LogP contribution in [0.1, 0.15) is 43.9 Å². The summed E-state index contributed by atoms with van der Waals surface area (Å²) in [5.74, 6) is -0.125. The number of carbonyl (C=O) groups is 1. The minimum atomic E-state index is -0.906. The molecule has 0 radical (unpaired) electrons. The molecule has 13 heteroatoms. The fourth-order valence-corrected chi connectivity index (χ4v) is 6.78. The first-order chi connectivity index (χ1) is 21.2. The van der Waals surface area contributed by atoms with Crippen LogP contribution in [0.25, 0.3) is 6.08 Å². The van der Waals surface area contributed by atoms with Crippen LogP contribution in [0.3, 0.4) is 0 Å². The molecular formula is C31H34ClN5O6S. The zero-order valence-electron chi connectivity index (χ0n) is 25.0. The molecular weight excluding hydrogens is 606 g/mol. The van der Waals surface area contributed by atoms with E-state index in [4.69, 9.17) is 26.1 Å². The molecule has 44 heavy (non-hydrogen) atoms. The predicted molar refractivity (Wildman–Crippen MR) is 170 cm³/mol. The van der Waals surface area contributed by atoms with Crippen molar-refractivity contribution in [1.82, 2.24) is 9.47 Å². The van der Waals surface area contributed by atoms with E-state index in [1.807, 2.05) is 18.9 Å². The number of anilines is 1. The molecule has 11 nitrogen and oxygen atoms in total. The number of thiazole rings is 1. The van der Waals surface area contributed by atoms with Crippen LogP contribution < -0.4 is 24.5 Å². The number of nitro groups is 1. The van der Waals surface area contributed by atoms with Gasteiger partial charge in [0.2, 0.25) is 0 Å². The van der Waals surface area contributed by atoms with Gasteiger partial charge in [-0.25, -0.2) is 9.79 Å². The van der Waals surface area contributed by atoms with Crippen LogP contribution in [0.4, 0.5) is 11.4 Å². The van der Waals surface area contributed by atoms with Crippen molar-refractivity contribution in [1.29, 1.82) is 0 Å². The summed E-state index contributed by atoms with van der Waals surface area (Å²) in [6, 6.07) is 9.15.